The lowest BCUT2D eigenvalue weighted by molar-refractivity contribution is 0.0995. The molecular formula is C20H22N8O2. The van der Waals surface area contributed by atoms with E-state index in [-0.39, 0.29) is 5.69 Å². The van der Waals surface area contributed by atoms with E-state index in [4.69, 9.17) is 10.5 Å². The highest BCUT2D eigenvalue weighted by Gasteiger charge is 2.37. The number of nitrogens with one attached hydrogen (secondary N) is 1. The SMILES string of the molecule is CC[C@H]1C[C@@H](COc2cnc(C(N)=O)cn2)C[C@H]1c1nnc2cnc3[nH]ccc3n12. The molecule has 4 heterocycles. The predicted octanol–water partition coefficient (Wildman–Crippen LogP) is 2.09. The van der Waals surface area contributed by atoms with Crippen LogP contribution < -0.4 is 10.5 Å². The highest BCUT2D eigenvalue weighted by atomic mass is 16.5. The second-order valence-corrected chi connectivity index (χ2v) is 7.75. The molecule has 154 valence electrons. The molecule has 0 saturated heterocycles. The second-order valence-electron chi connectivity index (χ2n) is 7.75. The third-order valence-electron chi connectivity index (χ3n) is 5.96. The predicted molar refractivity (Wildman–Crippen MR) is 108 cm³/mol. The molecular weight excluding hydrogens is 384 g/mol. The molecule has 0 aromatic carbocycles. The van der Waals surface area contributed by atoms with Crippen molar-refractivity contribution in [2.45, 2.75) is 32.1 Å². The number of ether oxygens (including phenoxy) is 1. The first-order chi connectivity index (χ1) is 14.6. The van der Waals surface area contributed by atoms with Crippen molar-refractivity contribution in [2.24, 2.45) is 17.6 Å². The minimum atomic E-state index is -0.606. The summed E-state index contributed by atoms with van der Waals surface area (Å²) in [5, 5.41) is 8.89. The Morgan fingerprint density at radius 3 is 2.90 bits per heavy atom. The number of H-pyrrole nitrogens is 1. The van der Waals surface area contributed by atoms with Gasteiger partial charge in [-0.05, 0) is 30.7 Å². The van der Waals surface area contributed by atoms with Crippen LogP contribution in [0.4, 0.5) is 0 Å². The lowest BCUT2D eigenvalue weighted by Crippen LogP contribution is -2.14. The molecule has 1 amide bonds. The van der Waals surface area contributed by atoms with Gasteiger partial charge in [0.2, 0.25) is 5.88 Å². The standard InChI is InChI=1S/C20H22N8O2/c1-2-12-5-11(10-30-17-9-23-14(7-24-17)18(21)29)6-13(12)20-27-26-16-8-25-19-15(28(16)20)3-4-22-19/h3-4,7-9,11-13,22H,2,5-6,10H2,1H3,(H2,21,29)/t11-,12+,13-/m1/s1. The van der Waals surface area contributed by atoms with Crippen LogP contribution in [-0.4, -0.2) is 47.0 Å². The lowest BCUT2D eigenvalue weighted by atomic mass is 9.93. The Morgan fingerprint density at radius 2 is 2.13 bits per heavy atom. The van der Waals surface area contributed by atoms with E-state index >= 15 is 0 Å². The highest BCUT2D eigenvalue weighted by Crippen LogP contribution is 2.44. The summed E-state index contributed by atoms with van der Waals surface area (Å²) in [6, 6.07) is 2.01. The molecule has 3 N–H and O–H groups in total. The fraction of sp³-hybridized carbons (Fsp3) is 0.400. The van der Waals surface area contributed by atoms with Crippen molar-refractivity contribution in [3.05, 3.63) is 42.4 Å². The van der Waals surface area contributed by atoms with Gasteiger partial charge in [-0.2, -0.15) is 0 Å². The van der Waals surface area contributed by atoms with Crippen LogP contribution in [0.1, 0.15) is 48.4 Å². The number of carbonyl (C=O) groups excluding carboxylic acids is 1. The maximum Gasteiger partial charge on any atom is 0.268 e. The number of aromatic nitrogens is 7. The number of rotatable bonds is 6. The Morgan fingerprint density at radius 1 is 1.23 bits per heavy atom. The quantitative estimate of drug-likeness (QED) is 0.500. The zero-order valence-corrected chi connectivity index (χ0v) is 16.5. The van der Waals surface area contributed by atoms with E-state index in [1.807, 2.05) is 12.3 Å². The van der Waals surface area contributed by atoms with Crippen LogP contribution in [-0.2, 0) is 0 Å². The highest BCUT2D eigenvalue weighted by molar-refractivity contribution is 5.90. The maximum atomic E-state index is 11.1. The molecule has 0 unspecified atom stereocenters. The molecule has 0 bridgehead atoms. The molecule has 1 aliphatic rings. The van der Waals surface area contributed by atoms with Crippen LogP contribution in [0, 0.1) is 11.8 Å². The number of nitrogens with two attached hydrogens (primary N) is 1. The summed E-state index contributed by atoms with van der Waals surface area (Å²) < 4.78 is 7.96. The Kier molecular flexibility index (Phi) is 4.53. The molecule has 10 heteroatoms. The fourth-order valence-electron chi connectivity index (χ4n) is 4.50. The second kappa shape index (κ2) is 7.36. The van der Waals surface area contributed by atoms with Gasteiger partial charge in [-0.25, -0.2) is 15.0 Å². The first-order valence-electron chi connectivity index (χ1n) is 10.1. The van der Waals surface area contributed by atoms with Gasteiger partial charge in [-0.3, -0.25) is 9.20 Å². The molecule has 4 aromatic rings. The Bertz CT molecular complexity index is 1200. The van der Waals surface area contributed by atoms with Gasteiger partial charge in [-0.1, -0.05) is 13.3 Å². The third-order valence-corrected chi connectivity index (χ3v) is 5.96. The molecule has 10 nitrogen and oxygen atoms in total. The van der Waals surface area contributed by atoms with Crippen LogP contribution in [0.15, 0.2) is 30.9 Å². The monoisotopic (exact) mass is 406 g/mol. The van der Waals surface area contributed by atoms with Crippen LogP contribution in [0.5, 0.6) is 5.88 Å². The zero-order valence-electron chi connectivity index (χ0n) is 16.5. The molecule has 0 spiro atoms. The molecule has 0 radical (unpaired) electrons. The van der Waals surface area contributed by atoms with Gasteiger partial charge in [0.15, 0.2) is 11.3 Å². The maximum absolute atomic E-state index is 11.1. The summed E-state index contributed by atoms with van der Waals surface area (Å²) >= 11 is 0. The van der Waals surface area contributed by atoms with Crippen molar-refractivity contribution in [3.63, 3.8) is 0 Å². The van der Waals surface area contributed by atoms with Crippen molar-refractivity contribution in [1.29, 1.82) is 0 Å². The van der Waals surface area contributed by atoms with Gasteiger partial charge >= 0.3 is 0 Å². The molecule has 1 aliphatic carbocycles. The smallest absolute Gasteiger partial charge is 0.268 e. The summed E-state index contributed by atoms with van der Waals surface area (Å²) in [5.41, 5.74) is 7.90. The van der Waals surface area contributed by atoms with Crippen LogP contribution in [0.2, 0.25) is 0 Å². The summed E-state index contributed by atoms with van der Waals surface area (Å²) in [5.74, 6) is 1.93. The normalized spacial score (nSPS) is 21.4. The van der Waals surface area contributed by atoms with Crippen molar-refractivity contribution in [3.8, 4) is 5.88 Å². The zero-order chi connectivity index (χ0) is 20.7. The number of aromatic amines is 1. The van der Waals surface area contributed by atoms with Gasteiger partial charge in [0, 0.05) is 12.1 Å². The number of primary amides is 1. The van der Waals surface area contributed by atoms with E-state index in [1.54, 1.807) is 6.20 Å². The van der Waals surface area contributed by atoms with Crippen molar-refractivity contribution < 1.29 is 9.53 Å². The van der Waals surface area contributed by atoms with Crippen molar-refractivity contribution in [1.82, 2.24) is 34.5 Å². The topological polar surface area (TPSA) is 137 Å². The van der Waals surface area contributed by atoms with Gasteiger partial charge in [0.1, 0.15) is 11.5 Å². The molecule has 30 heavy (non-hydrogen) atoms. The minimum Gasteiger partial charge on any atom is -0.476 e. The first kappa shape index (κ1) is 18.5. The van der Waals surface area contributed by atoms with E-state index in [1.165, 1.54) is 12.4 Å². The number of amides is 1. The Balaban J connectivity index is 1.35. The molecule has 3 atom stereocenters. The Hall–Kier alpha value is -3.56. The third kappa shape index (κ3) is 3.14. The van der Waals surface area contributed by atoms with Gasteiger partial charge < -0.3 is 15.5 Å². The largest absolute Gasteiger partial charge is 0.476 e. The van der Waals surface area contributed by atoms with Gasteiger partial charge in [0.25, 0.3) is 5.91 Å². The van der Waals surface area contributed by atoms with E-state index < -0.39 is 5.91 Å². The van der Waals surface area contributed by atoms with E-state index in [2.05, 4.69) is 41.5 Å². The summed E-state index contributed by atoms with van der Waals surface area (Å²) in [7, 11) is 0. The van der Waals surface area contributed by atoms with Crippen molar-refractivity contribution in [2.75, 3.05) is 6.61 Å². The number of hydrogen-bond acceptors (Lipinski definition) is 7. The van der Waals surface area contributed by atoms with Crippen molar-refractivity contribution >= 4 is 22.7 Å². The minimum absolute atomic E-state index is 0.124. The lowest BCUT2D eigenvalue weighted by Gasteiger charge is -2.16. The van der Waals surface area contributed by atoms with Gasteiger partial charge in [-0.15, -0.1) is 10.2 Å². The number of nitrogens with zero attached hydrogens (tertiary/aromatic N) is 6. The van der Waals surface area contributed by atoms with Crippen LogP contribution >= 0.6 is 0 Å². The average Bonchev–Trinajstić information content (AvgIpc) is 3.48. The first-order valence-corrected chi connectivity index (χ1v) is 10.1. The Labute approximate surface area is 171 Å². The number of fused-ring (bicyclic) bond motifs is 3. The summed E-state index contributed by atoms with van der Waals surface area (Å²) in [6.45, 7) is 2.75. The average molecular weight is 406 g/mol. The van der Waals surface area contributed by atoms with Gasteiger partial charge in [0.05, 0.1) is 30.7 Å². The number of carbonyl (C=O) groups is 1. The fourth-order valence-corrected chi connectivity index (χ4v) is 4.50. The molecule has 0 aliphatic heterocycles. The molecule has 4 aromatic heterocycles. The van der Waals surface area contributed by atoms with Crippen LogP contribution in [0.25, 0.3) is 16.8 Å². The molecule has 1 fully saturated rings. The van der Waals surface area contributed by atoms with Crippen LogP contribution in [0.3, 0.4) is 0 Å². The van der Waals surface area contributed by atoms with E-state index in [0.717, 1.165) is 41.9 Å². The molecule has 5 rings (SSSR count). The summed E-state index contributed by atoms with van der Waals surface area (Å²) in [6.07, 6.45) is 9.47. The van der Waals surface area contributed by atoms with E-state index in [0.29, 0.717) is 30.2 Å². The number of hydrogen-bond donors (Lipinski definition) is 2. The summed E-state index contributed by atoms with van der Waals surface area (Å²) in [4.78, 5) is 26.8. The van der Waals surface area contributed by atoms with E-state index in [9.17, 15) is 4.79 Å². The molecule has 1 saturated carbocycles.